The first-order valence-corrected chi connectivity index (χ1v) is 9.14. The average Bonchev–Trinajstić information content (AvgIpc) is 3.06. The zero-order valence-electron chi connectivity index (χ0n) is 13.8. The van der Waals surface area contributed by atoms with Gasteiger partial charge in [0.1, 0.15) is 4.88 Å². The number of carbonyl (C=O) groups excluding carboxylic acids is 1. The predicted octanol–water partition coefficient (Wildman–Crippen LogP) is 4.44. The normalized spacial score (nSPS) is 17.9. The van der Waals surface area contributed by atoms with E-state index in [0.717, 1.165) is 42.1 Å². The van der Waals surface area contributed by atoms with Crippen molar-refractivity contribution in [2.45, 2.75) is 51.7 Å². The number of hydrogen-bond donors (Lipinski definition) is 1. The fraction of sp³-hybridized carbons (Fsp3) is 0.444. The Labute approximate surface area is 145 Å². The Bertz CT molecular complexity index is 794. The van der Waals surface area contributed by atoms with Gasteiger partial charge >= 0.3 is 0 Å². The van der Waals surface area contributed by atoms with Crippen molar-refractivity contribution in [3.8, 4) is 11.5 Å². The number of amides is 1. The first kappa shape index (κ1) is 15.4. The van der Waals surface area contributed by atoms with E-state index in [0.29, 0.717) is 16.3 Å². The molecule has 1 N–H and O–H groups in total. The summed E-state index contributed by atoms with van der Waals surface area (Å²) in [4.78, 5) is 17.4. The molecule has 1 fully saturated rings. The minimum atomic E-state index is -0.491. The number of nitrogens with one attached hydrogen (secondary N) is 1. The third kappa shape index (κ3) is 2.75. The predicted molar refractivity (Wildman–Crippen MR) is 93.1 cm³/mol. The lowest BCUT2D eigenvalue weighted by Crippen LogP contribution is -2.40. The Morgan fingerprint density at radius 1 is 1.17 bits per heavy atom. The van der Waals surface area contributed by atoms with Gasteiger partial charge in [-0.15, -0.1) is 11.3 Å². The molecule has 0 saturated heterocycles. The van der Waals surface area contributed by atoms with E-state index in [-0.39, 0.29) is 5.91 Å². The largest absolute Gasteiger partial charge is 0.448 e. The van der Waals surface area contributed by atoms with E-state index in [4.69, 9.17) is 9.47 Å². The van der Waals surface area contributed by atoms with Crippen LogP contribution < -0.4 is 14.8 Å². The number of aromatic nitrogens is 1. The summed E-state index contributed by atoms with van der Waals surface area (Å²) in [6, 6.07) is 5.57. The van der Waals surface area contributed by atoms with Gasteiger partial charge in [-0.25, -0.2) is 4.98 Å². The highest BCUT2D eigenvalue weighted by molar-refractivity contribution is 7.13. The van der Waals surface area contributed by atoms with Gasteiger partial charge in [-0.05, 0) is 38.8 Å². The smallest absolute Gasteiger partial charge is 0.267 e. The molecule has 2 aliphatic rings. The van der Waals surface area contributed by atoms with Crippen molar-refractivity contribution in [1.82, 2.24) is 4.98 Å². The maximum Gasteiger partial charge on any atom is 0.267 e. The topological polar surface area (TPSA) is 60.5 Å². The van der Waals surface area contributed by atoms with Crippen LogP contribution in [0.2, 0.25) is 0 Å². The lowest BCUT2D eigenvalue weighted by atomic mass is 9.94. The molecule has 2 aromatic rings. The minimum absolute atomic E-state index is 0.135. The molecule has 5 nitrogen and oxygen atoms in total. The second-order valence-electron chi connectivity index (χ2n) is 6.44. The number of nitrogens with zero attached hydrogens (tertiary/aromatic N) is 1. The summed E-state index contributed by atoms with van der Waals surface area (Å²) in [5.74, 6) is 0.852. The summed E-state index contributed by atoms with van der Waals surface area (Å²) in [6.45, 7) is 3.75. The number of hydrogen-bond acceptors (Lipinski definition) is 5. The minimum Gasteiger partial charge on any atom is -0.448 e. The number of thiazole rings is 1. The number of anilines is 1. The Balaban J connectivity index is 1.52. The summed E-state index contributed by atoms with van der Waals surface area (Å²) in [6.07, 6.45) is 5.33. The van der Waals surface area contributed by atoms with Crippen LogP contribution in [0, 0.1) is 13.8 Å². The Morgan fingerprint density at radius 2 is 1.92 bits per heavy atom. The third-order valence-electron chi connectivity index (χ3n) is 4.52. The van der Waals surface area contributed by atoms with Crippen molar-refractivity contribution in [2.24, 2.45) is 0 Å². The molecule has 1 aromatic carbocycles. The highest BCUT2D eigenvalue weighted by Crippen LogP contribution is 2.46. The molecule has 24 heavy (non-hydrogen) atoms. The van der Waals surface area contributed by atoms with Crippen molar-refractivity contribution in [2.75, 3.05) is 5.32 Å². The SMILES string of the molecule is Cc1nc(C)c(C(=O)Nc2ccc3c(c2)OC2(CCCCC2)O3)s1. The van der Waals surface area contributed by atoms with Crippen molar-refractivity contribution in [3.05, 3.63) is 33.8 Å². The molecule has 1 aromatic heterocycles. The fourth-order valence-corrected chi connectivity index (χ4v) is 4.21. The molecule has 1 aliphatic heterocycles. The molecule has 4 rings (SSSR count). The van der Waals surface area contributed by atoms with Gasteiger partial charge in [0.15, 0.2) is 11.5 Å². The van der Waals surface area contributed by atoms with Crippen molar-refractivity contribution >= 4 is 22.9 Å². The third-order valence-corrected chi connectivity index (χ3v) is 5.59. The van der Waals surface area contributed by atoms with Crippen molar-refractivity contribution < 1.29 is 14.3 Å². The van der Waals surface area contributed by atoms with E-state index in [1.54, 1.807) is 0 Å². The molecule has 0 radical (unpaired) electrons. The monoisotopic (exact) mass is 344 g/mol. The summed E-state index contributed by atoms with van der Waals surface area (Å²) >= 11 is 1.41. The average molecular weight is 344 g/mol. The van der Waals surface area contributed by atoms with Crippen LogP contribution in [-0.2, 0) is 0 Å². The second kappa shape index (κ2) is 5.77. The maximum atomic E-state index is 12.4. The molecule has 0 unspecified atom stereocenters. The van der Waals surface area contributed by atoms with Gasteiger partial charge in [0.25, 0.3) is 11.7 Å². The molecule has 0 bridgehead atoms. The highest BCUT2D eigenvalue weighted by Gasteiger charge is 2.42. The Morgan fingerprint density at radius 3 is 2.62 bits per heavy atom. The van der Waals surface area contributed by atoms with E-state index in [1.165, 1.54) is 17.8 Å². The summed E-state index contributed by atoms with van der Waals surface area (Å²) in [7, 11) is 0. The quantitative estimate of drug-likeness (QED) is 0.875. The Kier molecular flexibility index (Phi) is 3.72. The zero-order valence-corrected chi connectivity index (χ0v) is 14.7. The van der Waals surface area contributed by atoms with Gasteiger partial charge in [0, 0.05) is 24.6 Å². The molecule has 0 atom stereocenters. The van der Waals surface area contributed by atoms with E-state index in [1.807, 2.05) is 32.0 Å². The van der Waals surface area contributed by atoms with Gasteiger partial charge in [0.2, 0.25) is 0 Å². The fourth-order valence-electron chi connectivity index (χ4n) is 3.40. The number of aryl methyl sites for hydroxylation is 2. The van der Waals surface area contributed by atoms with Gasteiger partial charge in [0.05, 0.1) is 10.7 Å². The number of benzene rings is 1. The van der Waals surface area contributed by atoms with E-state index in [2.05, 4.69) is 10.3 Å². The number of fused-ring (bicyclic) bond motifs is 1. The summed E-state index contributed by atoms with van der Waals surface area (Å²) < 4.78 is 12.2. The van der Waals surface area contributed by atoms with Crippen molar-refractivity contribution in [1.29, 1.82) is 0 Å². The number of rotatable bonds is 2. The van der Waals surface area contributed by atoms with Crippen LogP contribution in [0.5, 0.6) is 11.5 Å². The molecule has 1 spiro atoms. The van der Waals surface area contributed by atoms with Gasteiger partial charge in [-0.2, -0.15) is 0 Å². The van der Waals surface area contributed by atoms with Gasteiger partial charge < -0.3 is 14.8 Å². The zero-order chi connectivity index (χ0) is 16.7. The molecule has 126 valence electrons. The Hall–Kier alpha value is -2.08. The first-order chi connectivity index (χ1) is 11.5. The van der Waals surface area contributed by atoms with Gasteiger partial charge in [-0.1, -0.05) is 6.42 Å². The van der Waals surface area contributed by atoms with Crippen molar-refractivity contribution in [3.63, 3.8) is 0 Å². The molecular weight excluding hydrogens is 324 g/mol. The van der Waals surface area contributed by atoms with Crippen LogP contribution in [0.4, 0.5) is 5.69 Å². The lowest BCUT2D eigenvalue weighted by Gasteiger charge is -2.31. The highest BCUT2D eigenvalue weighted by atomic mass is 32.1. The maximum absolute atomic E-state index is 12.4. The molecule has 6 heteroatoms. The van der Waals surface area contributed by atoms with Crippen LogP contribution in [0.3, 0.4) is 0 Å². The van der Waals surface area contributed by atoms with E-state index in [9.17, 15) is 4.79 Å². The van der Waals surface area contributed by atoms with Crippen LogP contribution >= 0.6 is 11.3 Å². The number of carbonyl (C=O) groups is 1. The molecule has 1 amide bonds. The molecular formula is C18H20N2O3S. The summed E-state index contributed by atoms with van der Waals surface area (Å²) in [5.41, 5.74) is 1.47. The molecule has 2 heterocycles. The standard InChI is InChI=1S/C18H20N2O3S/c1-11-16(24-12(2)19-11)17(21)20-13-6-7-14-15(10-13)23-18(22-14)8-4-3-5-9-18/h6-7,10H,3-5,8-9H2,1-2H3,(H,20,21). The van der Waals surface area contributed by atoms with E-state index < -0.39 is 5.79 Å². The summed E-state index contributed by atoms with van der Waals surface area (Å²) in [5, 5.41) is 3.82. The number of ether oxygens (including phenoxy) is 2. The first-order valence-electron chi connectivity index (χ1n) is 8.32. The van der Waals surface area contributed by atoms with Crippen LogP contribution in [0.1, 0.15) is 52.5 Å². The molecule has 1 saturated carbocycles. The van der Waals surface area contributed by atoms with E-state index >= 15 is 0 Å². The van der Waals surface area contributed by atoms with Crippen LogP contribution in [0.25, 0.3) is 0 Å². The second-order valence-corrected chi connectivity index (χ2v) is 7.64. The van der Waals surface area contributed by atoms with Crippen LogP contribution in [-0.4, -0.2) is 16.7 Å². The lowest BCUT2D eigenvalue weighted by molar-refractivity contribution is -0.105. The van der Waals surface area contributed by atoms with Gasteiger partial charge in [-0.3, -0.25) is 4.79 Å². The van der Waals surface area contributed by atoms with Crippen LogP contribution in [0.15, 0.2) is 18.2 Å². The molecule has 1 aliphatic carbocycles.